The lowest BCUT2D eigenvalue weighted by Crippen LogP contribution is -2.05. The summed E-state index contributed by atoms with van der Waals surface area (Å²) in [5.74, 6) is 0. The van der Waals surface area contributed by atoms with E-state index in [0.29, 0.717) is 0 Å². The van der Waals surface area contributed by atoms with Crippen LogP contribution >= 0.6 is 0 Å². The van der Waals surface area contributed by atoms with E-state index in [4.69, 9.17) is 4.84 Å². The van der Waals surface area contributed by atoms with Crippen LogP contribution < -0.4 is 0 Å². The van der Waals surface area contributed by atoms with Crippen molar-refractivity contribution in [3.63, 3.8) is 0 Å². The minimum absolute atomic E-state index is 0.809. The Kier molecular flexibility index (Phi) is 1.89. The fourth-order valence-electron chi connectivity index (χ4n) is 0.765. The van der Waals surface area contributed by atoms with Gasteiger partial charge in [-0.25, -0.2) is 0 Å². The third-order valence-electron chi connectivity index (χ3n) is 1.30. The molecular formula is C6H11NO. The van der Waals surface area contributed by atoms with Gasteiger partial charge in [0.2, 0.25) is 0 Å². The Balaban J connectivity index is 2.37. The van der Waals surface area contributed by atoms with Crippen LogP contribution in [0, 0.1) is 0 Å². The molecule has 0 fully saturated rings. The lowest BCUT2D eigenvalue weighted by molar-refractivity contribution is 0.130. The molecule has 1 aliphatic rings. The van der Waals surface area contributed by atoms with Crippen molar-refractivity contribution in [1.29, 1.82) is 0 Å². The van der Waals surface area contributed by atoms with Crippen molar-refractivity contribution in [1.82, 2.24) is 0 Å². The average Bonchev–Trinajstić information content (AvgIpc) is 1.90. The Morgan fingerprint density at radius 1 is 1.75 bits per heavy atom. The summed E-state index contributed by atoms with van der Waals surface area (Å²) in [6.07, 6.45) is 3.32. The van der Waals surface area contributed by atoms with Crippen LogP contribution in [-0.4, -0.2) is 12.3 Å². The van der Waals surface area contributed by atoms with Gasteiger partial charge in [0.15, 0.2) is 0 Å². The molecule has 0 aromatic rings. The van der Waals surface area contributed by atoms with Crippen molar-refractivity contribution in [2.24, 2.45) is 5.16 Å². The topological polar surface area (TPSA) is 21.6 Å². The molecule has 0 spiro atoms. The molecule has 0 amide bonds. The number of rotatable bonds is 1. The van der Waals surface area contributed by atoms with E-state index >= 15 is 0 Å². The van der Waals surface area contributed by atoms with Crippen molar-refractivity contribution in [3.8, 4) is 0 Å². The highest BCUT2D eigenvalue weighted by atomic mass is 16.6. The van der Waals surface area contributed by atoms with Gasteiger partial charge in [0.1, 0.15) is 6.61 Å². The van der Waals surface area contributed by atoms with E-state index in [1.807, 2.05) is 0 Å². The minimum Gasteiger partial charge on any atom is -0.396 e. The molecule has 0 aliphatic carbocycles. The number of hydrogen-bond donors (Lipinski definition) is 0. The molecule has 1 heterocycles. The van der Waals surface area contributed by atoms with Crippen LogP contribution in [0.5, 0.6) is 0 Å². The maximum Gasteiger partial charge on any atom is 0.117 e. The molecule has 0 bridgehead atoms. The summed E-state index contributed by atoms with van der Waals surface area (Å²) in [6.45, 7) is 2.91. The van der Waals surface area contributed by atoms with Gasteiger partial charge in [-0.05, 0) is 19.3 Å². The molecule has 0 saturated carbocycles. The smallest absolute Gasteiger partial charge is 0.117 e. The summed E-state index contributed by atoms with van der Waals surface area (Å²) in [4.78, 5) is 4.86. The van der Waals surface area contributed by atoms with Gasteiger partial charge in [-0.2, -0.15) is 0 Å². The molecule has 0 aromatic carbocycles. The lowest BCUT2D eigenvalue weighted by Gasteiger charge is -2.08. The van der Waals surface area contributed by atoms with Crippen LogP contribution in [0.15, 0.2) is 5.16 Å². The zero-order valence-corrected chi connectivity index (χ0v) is 5.18. The van der Waals surface area contributed by atoms with Gasteiger partial charge >= 0.3 is 0 Å². The van der Waals surface area contributed by atoms with Crippen LogP contribution in [0.2, 0.25) is 0 Å². The lowest BCUT2D eigenvalue weighted by atomic mass is 10.2. The number of nitrogens with zero attached hydrogens (tertiary/aromatic N) is 1. The maximum atomic E-state index is 4.86. The molecule has 0 radical (unpaired) electrons. The van der Waals surface area contributed by atoms with Gasteiger partial charge < -0.3 is 4.84 Å². The molecule has 0 atom stereocenters. The van der Waals surface area contributed by atoms with E-state index in [0.717, 1.165) is 25.9 Å². The molecule has 0 N–H and O–H groups in total. The fourth-order valence-corrected chi connectivity index (χ4v) is 0.765. The number of hydrogen-bond acceptors (Lipinski definition) is 2. The van der Waals surface area contributed by atoms with Crippen molar-refractivity contribution >= 4 is 5.71 Å². The summed E-state index contributed by atoms with van der Waals surface area (Å²) >= 11 is 0. The first kappa shape index (κ1) is 5.60. The Hall–Kier alpha value is -0.530. The standard InChI is InChI=1S/C6H11NO/c1-2-6-4-3-5-8-7-6/h2-5H2,1H3. The largest absolute Gasteiger partial charge is 0.396 e. The zero-order valence-electron chi connectivity index (χ0n) is 5.18. The summed E-state index contributed by atoms with van der Waals surface area (Å²) in [7, 11) is 0. The molecule has 0 saturated heterocycles. The Morgan fingerprint density at radius 3 is 3.00 bits per heavy atom. The highest BCUT2D eigenvalue weighted by Crippen LogP contribution is 2.04. The second kappa shape index (κ2) is 2.70. The molecule has 2 heteroatoms. The van der Waals surface area contributed by atoms with Crippen LogP contribution in [-0.2, 0) is 4.84 Å². The summed E-state index contributed by atoms with van der Waals surface area (Å²) in [6, 6.07) is 0. The molecule has 2 nitrogen and oxygen atoms in total. The highest BCUT2D eigenvalue weighted by molar-refractivity contribution is 5.83. The quantitative estimate of drug-likeness (QED) is 0.505. The molecule has 1 aliphatic heterocycles. The fraction of sp³-hybridized carbons (Fsp3) is 0.833. The Bertz CT molecular complexity index is 98.7. The molecular weight excluding hydrogens is 102 g/mol. The predicted molar refractivity (Wildman–Crippen MR) is 32.9 cm³/mol. The van der Waals surface area contributed by atoms with Crippen molar-refractivity contribution in [2.75, 3.05) is 6.61 Å². The summed E-state index contributed by atoms with van der Waals surface area (Å²) in [5, 5.41) is 3.86. The second-order valence-corrected chi connectivity index (χ2v) is 1.95. The third kappa shape index (κ3) is 1.22. The van der Waals surface area contributed by atoms with Gasteiger partial charge in [-0.15, -0.1) is 0 Å². The van der Waals surface area contributed by atoms with E-state index in [2.05, 4.69) is 12.1 Å². The van der Waals surface area contributed by atoms with Crippen LogP contribution in [0.1, 0.15) is 26.2 Å². The average molecular weight is 113 g/mol. The van der Waals surface area contributed by atoms with Crippen molar-refractivity contribution in [2.45, 2.75) is 26.2 Å². The Labute approximate surface area is 49.5 Å². The van der Waals surface area contributed by atoms with Gasteiger partial charge in [-0.3, -0.25) is 0 Å². The summed E-state index contributed by atoms with van der Waals surface area (Å²) in [5.41, 5.74) is 1.20. The van der Waals surface area contributed by atoms with Gasteiger partial charge in [0, 0.05) is 0 Å². The van der Waals surface area contributed by atoms with Gasteiger partial charge in [0.05, 0.1) is 5.71 Å². The minimum atomic E-state index is 0.809. The first-order valence-electron chi connectivity index (χ1n) is 3.11. The molecule has 46 valence electrons. The maximum absolute atomic E-state index is 4.86. The van der Waals surface area contributed by atoms with Crippen LogP contribution in [0.4, 0.5) is 0 Å². The molecule has 8 heavy (non-hydrogen) atoms. The van der Waals surface area contributed by atoms with Gasteiger partial charge in [0.25, 0.3) is 0 Å². The predicted octanol–water partition coefficient (Wildman–Crippen LogP) is 1.56. The highest BCUT2D eigenvalue weighted by Gasteiger charge is 2.01. The third-order valence-corrected chi connectivity index (χ3v) is 1.30. The van der Waals surface area contributed by atoms with E-state index in [-0.39, 0.29) is 0 Å². The normalized spacial score (nSPS) is 19.4. The molecule has 0 unspecified atom stereocenters. The molecule has 0 aromatic heterocycles. The van der Waals surface area contributed by atoms with E-state index < -0.39 is 0 Å². The van der Waals surface area contributed by atoms with E-state index in [9.17, 15) is 0 Å². The zero-order chi connectivity index (χ0) is 5.82. The van der Waals surface area contributed by atoms with E-state index in [1.54, 1.807) is 0 Å². The van der Waals surface area contributed by atoms with Crippen molar-refractivity contribution in [3.05, 3.63) is 0 Å². The van der Waals surface area contributed by atoms with E-state index in [1.165, 1.54) is 5.71 Å². The Morgan fingerprint density at radius 2 is 2.62 bits per heavy atom. The second-order valence-electron chi connectivity index (χ2n) is 1.95. The van der Waals surface area contributed by atoms with Gasteiger partial charge in [-0.1, -0.05) is 12.1 Å². The SMILES string of the molecule is CCC1=NOCCC1. The van der Waals surface area contributed by atoms with Crippen LogP contribution in [0.25, 0.3) is 0 Å². The number of oxime groups is 1. The first-order valence-corrected chi connectivity index (χ1v) is 3.11. The van der Waals surface area contributed by atoms with Crippen molar-refractivity contribution < 1.29 is 4.84 Å². The monoisotopic (exact) mass is 113 g/mol. The summed E-state index contributed by atoms with van der Waals surface area (Å²) < 4.78 is 0. The first-order chi connectivity index (χ1) is 3.93. The van der Waals surface area contributed by atoms with Crippen LogP contribution in [0.3, 0.4) is 0 Å². The molecule has 1 rings (SSSR count).